The van der Waals surface area contributed by atoms with E-state index in [2.05, 4.69) is 15.3 Å². The van der Waals surface area contributed by atoms with E-state index in [1.165, 1.54) is 6.92 Å². The fourth-order valence-electron chi connectivity index (χ4n) is 3.23. The second-order valence-electron chi connectivity index (χ2n) is 6.72. The van der Waals surface area contributed by atoms with Gasteiger partial charge < -0.3 is 14.6 Å². The van der Waals surface area contributed by atoms with Crippen LogP contribution in [0.5, 0.6) is 0 Å². The number of anilines is 1. The summed E-state index contributed by atoms with van der Waals surface area (Å²) >= 11 is 0. The lowest BCUT2D eigenvalue weighted by molar-refractivity contribution is -0.141. The Bertz CT molecular complexity index is 840. The molecule has 2 aromatic heterocycles. The number of rotatable bonds is 3. The van der Waals surface area contributed by atoms with Gasteiger partial charge in [0, 0.05) is 25.2 Å². The summed E-state index contributed by atoms with van der Waals surface area (Å²) in [5.74, 6) is 1.40. The van der Waals surface area contributed by atoms with Crippen molar-refractivity contribution in [3.05, 3.63) is 40.7 Å². The predicted molar refractivity (Wildman–Crippen MR) is 92.7 cm³/mol. The van der Waals surface area contributed by atoms with Crippen LogP contribution >= 0.6 is 0 Å². The Labute approximate surface area is 154 Å². The SMILES string of the molecule is Cc1nc(N2CCC(NC(=O)c3cc(C)oc3C)CC2)cc(C(F)(F)F)n1. The number of carbonyl (C=O) groups is 1. The Balaban J connectivity index is 1.63. The zero-order valence-electron chi connectivity index (χ0n) is 15.4. The first-order valence-corrected chi connectivity index (χ1v) is 8.69. The van der Waals surface area contributed by atoms with Crippen molar-refractivity contribution in [3.8, 4) is 0 Å². The molecule has 3 rings (SSSR count). The van der Waals surface area contributed by atoms with Gasteiger partial charge in [0.25, 0.3) is 5.91 Å². The first kappa shape index (κ1) is 19.2. The Kier molecular flexibility index (Phi) is 5.12. The molecular weight excluding hydrogens is 361 g/mol. The Morgan fingerprint density at radius 2 is 1.85 bits per heavy atom. The zero-order chi connectivity index (χ0) is 19.8. The number of amides is 1. The van der Waals surface area contributed by atoms with Crippen LogP contribution in [0, 0.1) is 20.8 Å². The monoisotopic (exact) mass is 382 g/mol. The maximum Gasteiger partial charge on any atom is 0.433 e. The number of nitrogens with zero attached hydrogens (tertiary/aromatic N) is 3. The molecule has 27 heavy (non-hydrogen) atoms. The molecule has 0 aliphatic carbocycles. The van der Waals surface area contributed by atoms with Crippen molar-refractivity contribution in [2.45, 2.75) is 45.8 Å². The minimum Gasteiger partial charge on any atom is -0.466 e. The van der Waals surface area contributed by atoms with E-state index in [1.807, 2.05) is 0 Å². The molecule has 1 N–H and O–H groups in total. The molecule has 0 spiro atoms. The average Bonchev–Trinajstić information content (AvgIpc) is 2.92. The number of nitrogens with one attached hydrogen (secondary N) is 1. The van der Waals surface area contributed by atoms with Crippen LogP contribution < -0.4 is 10.2 Å². The molecule has 0 radical (unpaired) electrons. The Morgan fingerprint density at radius 1 is 1.19 bits per heavy atom. The maximum absolute atomic E-state index is 13.0. The van der Waals surface area contributed by atoms with Crippen LogP contribution in [-0.4, -0.2) is 35.0 Å². The summed E-state index contributed by atoms with van der Waals surface area (Å²) in [6.45, 7) is 5.96. The first-order valence-electron chi connectivity index (χ1n) is 8.69. The third-order valence-electron chi connectivity index (χ3n) is 4.55. The van der Waals surface area contributed by atoms with E-state index in [9.17, 15) is 18.0 Å². The molecule has 0 bridgehead atoms. The molecule has 146 valence electrons. The normalized spacial score (nSPS) is 15.9. The summed E-state index contributed by atoms with van der Waals surface area (Å²) in [5, 5.41) is 2.97. The van der Waals surface area contributed by atoms with Crippen molar-refractivity contribution in [1.29, 1.82) is 0 Å². The number of furan rings is 1. The lowest BCUT2D eigenvalue weighted by Crippen LogP contribution is -2.45. The molecule has 0 atom stereocenters. The van der Waals surface area contributed by atoms with Gasteiger partial charge in [-0.3, -0.25) is 4.79 Å². The highest BCUT2D eigenvalue weighted by molar-refractivity contribution is 5.95. The molecule has 2 aromatic rings. The number of aryl methyl sites for hydroxylation is 3. The van der Waals surface area contributed by atoms with Crippen molar-refractivity contribution in [3.63, 3.8) is 0 Å². The summed E-state index contributed by atoms with van der Waals surface area (Å²) in [4.78, 5) is 21.8. The van der Waals surface area contributed by atoms with Gasteiger partial charge in [0.05, 0.1) is 5.56 Å². The average molecular weight is 382 g/mol. The van der Waals surface area contributed by atoms with Gasteiger partial charge in [-0.2, -0.15) is 13.2 Å². The van der Waals surface area contributed by atoms with Crippen molar-refractivity contribution in [1.82, 2.24) is 15.3 Å². The quantitative estimate of drug-likeness (QED) is 0.881. The zero-order valence-corrected chi connectivity index (χ0v) is 15.4. The van der Waals surface area contributed by atoms with Gasteiger partial charge in [0.15, 0.2) is 0 Å². The van der Waals surface area contributed by atoms with Gasteiger partial charge in [-0.25, -0.2) is 9.97 Å². The van der Waals surface area contributed by atoms with Crippen LogP contribution in [0.1, 0.15) is 46.2 Å². The minimum absolute atomic E-state index is 0.0478. The fraction of sp³-hybridized carbons (Fsp3) is 0.500. The Morgan fingerprint density at radius 3 is 2.41 bits per heavy atom. The van der Waals surface area contributed by atoms with Crippen molar-refractivity contribution in [2.75, 3.05) is 18.0 Å². The van der Waals surface area contributed by atoms with E-state index in [0.717, 1.165) is 6.07 Å². The largest absolute Gasteiger partial charge is 0.466 e. The van der Waals surface area contributed by atoms with Crippen molar-refractivity contribution >= 4 is 11.7 Å². The topological polar surface area (TPSA) is 71.3 Å². The second kappa shape index (κ2) is 7.21. The van der Waals surface area contributed by atoms with Crippen LogP contribution in [0.2, 0.25) is 0 Å². The summed E-state index contributed by atoms with van der Waals surface area (Å²) in [7, 11) is 0. The number of aromatic nitrogens is 2. The lowest BCUT2D eigenvalue weighted by Gasteiger charge is -2.33. The first-order chi connectivity index (χ1) is 12.6. The summed E-state index contributed by atoms with van der Waals surface area (Å²) in [6, 6.07) is 2.62. The molecular formula is C18H21F3N4O2. The molecule has 0 aromatic carbocycles. The van der Waals surface area contributed by atoms with E-state index >= 15 is 0 Å². The molecule has 3 heterocycles. The number of piperidine rings is 1. The lowest BCUT2D eigenvalue weighted by atomic mass is 10.0. The summed E-state index contributed by atoms with van der Waals surface area (Å²) in [6.07, 6.45) is -3.27. The highest BCUT2D eigenvalue weighted by Gasteiger charge is 2.34. The molecule has 0 unspecified atom stereocenters. The Hall–Kier alpha value is -2.58. The van der Waals surface area contributed by atoms with Gasteiger partial charge in [-0.05, 0) is 39.7 Å². The van der Waals surface area contributed by atoms with Gasteiger partial charge in [-0.1, -0.05) is 0 Å². The predicted octanol–water partition coefficient (Wildman–Crippen LogP) is 3.41. The van der Waals surface area contributed by atoms with Gasteiger partial charge in [0.1, 0.15) is 28.9 Å². The number of carbonyl (C=O) groups excluding carboxylic acids is 1. The summed E-state index contributed by atoms with van der Waals surface area (Å²) < 4.78 is 44.2. The van der Waals surface area contributed by atoms with Gasteiger partial charge in [0.2, 0.25) is 0 Å². The van der Waals surface area contributed by atoms with Gasteiger partial charge >= 0.3 is 6.18 Å². The van der Waals surface area contributed by atoms with Crippen LogP contribution in [0.15, 0.2) is 16.5 Å². The van der Waals surface area contributed by atoms with Crippen LogP contribution in [0.4, 0.5) is 19.0 Å². The maximum atomic E-state index is 13.0. The highest BCUT2D eigenvalue weighted by Crippen LogP contribution is 2.30. The molecule has 1 aliphatic rings. The van der Waals surface area contributed by atoms with E-state index < -0.39 is 11.9 Å². The number of hydrogen-bond donors (Lipinski definition) is 1. The standard InChI is InChI=1S/C18H21F3N4O2/c1-10-8-14(11(2)27-10)17(26)24-13-4-6-25(7-5-13)16-9-15(18(19,20)21)22-12(3)23-16/h8-9,13H,4-7H2,1-3H3,(H,24,26). The molecule has 6 nitrogen and oxygen atoms in total. The third-order valence-corrected chi connectivity index (χ3v) is 4.55. The van der Waals surface area contributed by atoms with E-state index in [0.29, 0.717) is 43.0 Å². The number of hydrogen-bond acceptors (Lipinski definition) is 5. The molecule has 1 fully saturated rings. The molecule has 1 aliphatic heterocycles. The smallest absolute Gasteiger partial charge is 0.433 e. The second-order valence-corrected chi connectivity index (χ2v) is 6.72. The molecule has 1 saturated heterocycles. The van der Waals surface area contributed by atoms with E-state index in [4.69, 9.17) is 4.42 Å². The van der Waals surface area contributed by atoms with Crippen molar-refractivity contribution < 1.29 is 22.4 Å². The third kappa shape index (κ3) is 4.40. The number of alkyl halides is 3. The van der Waals surface area contributed by atoms with Crippen molar-refractivity contribution in [2.24, 2.45) is 0 Å². The fourth-order valence-corrected chi connectivity index (χ4v) is 3.23. The molecule has 9 heteroatoms. The number of halogens is 3. The summed E-state index contributed by atoms with van der Waals surface area (Å²) in [5.41, 5.74) is -0.428. The van der Waals surface area contributed by atoms with E-state index in [-0.39, 0.29) is 23.6 Å². The van der Waals surface area contributed by atoms with Crippen LogP contribution in [-0.2, 0) is 6.18 Å². The van der Waals surface area contributed by atoms with Crippen LogP contribution in [0.25, 0.3) is 0 Å². The van der Waals surface area contributed by atoms with Gasteiger partial charge in [-0.15, -0.1) is 0 Å². The molecule has 1 amide bonds. The van der Waals surface area contributed by atoms with Crippen LogP contribution in [0.3, 0.4) is 0 Å². The van der Waals surface area contributed by atoms with E-state index in [1.54, 1.807) is 24.8 Å². The highest BCUT2D eigenvalue weighted by atomic mass is 19.4. The molecule has 0 saturated carbocycles. The minimum atomic E-state index is -4.50.